The van der Waals surface area contributed by atoms with Gasteiger partial charge >= 0.3 is 5.97 Å². The molecule has 0 radical (unpaired) electrons. The molecule has 3 N–H and O–H groups in total. The lowest BCUT2D eigenvalue weighted by Gasteiger charge is -2.27. The summed E-state index contributed by atoms with van der Waals surface area (Å²) in [6.45, 7) is 1.93. The Morgan fingerprint density at radius 3 is 2.33 bits per heavy atom. The zero-order valence-electron chi connectivity index (χ0n) is 13.9. The lowest BCUT2D eigenvalue weighted by atomic mass is 9.78. The van der Waals surface area contributed by atoms with Gasteiger partial charge in [-0.1, -0.05) is 25.8 Å². The number of hydrogen-bond donors (Lipinski definition) is 3. The van der Waals surface area contributed by atoms with Crippen LogP contribution in [0.1, 0.15) is 45.4 Å². The summed E-state index contributed by atoms with van der Waals surface area (Å²) in [7, 11) is 0. The maximum Gasteiger partial charge on any atom is 0.307 e. The third kappa shape index (κ3) is 4.81. The maximum atomic E-state index is 12.5. The van der Waals surface area contributed by atoms with Gasteiger partial charge in [-0.25, -0.2) is 0 Å². The van der Waals surface area contributed by atoms with E-state index in [1.807, 2.05) is 6.92 Å². The summed E-state index contributed by atoms with van der Waals surface area (Å²) < 4.78 is 0. The van der Waals surface area contributed by atoms with Crippen LogP contribution in [0.2, 0.25) is 0 Å². The van der Waals surface area contributed by atoms with Gasteiger partial charge in [-0.2, -0.15) is 0 Å². The van der Waals surface area contributed by atoms with Crippen LogP contribution in [0, 0.1) is 11.8 Å². The fraction of sp³-hybridized carbons (Fsp3) is 0.500. The molecule has 130 valence electrons. The van der Waals surface area contributed by atoms with E-state index in [4.69, 9.17) is 0 Å². The molecule has 1 aromatic carbocycles. The van der Waals surface area contributed by atoms with Gasteiger partial charge in [0.25, 0.3) is 0 Å². The quantitative estimate of drug-likeness (QED) is 0.745. The standard InChI is InChI=1S/C18H24N2O4/c1-2-6-16(21)19-12-7-5-8-13(11-12)20-17(22)14-9-3-4-10-15(14)18(23)24/h5,7-8,11,14-15H,2-4,6,9-10H2,1H3,(H,19,21)(H,20,22)(H,23,24)/t14-,15-/m0/s1. The minimum absolute atomic E-state index is 0.0702. The first-order valence-electron chi connectivity index (χ1n) is 8.45. The molecule has 1 aliphatic carbocycles. The molecule has 0 unspecified atom stereocenters. The van der Waals surface area contributed by atoms with Crippen LogP contribution in [0.25, 0.3) is 0 Å². The highest BCUT2D eigenvalue weighted by atomic mass is 16.4. The van der Waals surface area contributed by atoms with Crippen LogP contribution in [0.15, 0.2) is 24.3 Å². The van der Waals surface area contributed by atoms with Crippen LogP contribution < -0.4 is 10.6 Å². The van der Waals surface area contributed by atoms with Gasteiger partial charge in [0.2, 0.25) is 11.8 Å². The zero-order valence-corrected chi connectivity index (χ0v) is 13.9. The van der Waals surface area contributed by atoms with Crippen LogP contribution in [0.4, 0.5) is 11.4 Å². The number of hydrogen-bond acceptors (Lipinski definition) is 3. The molecule has 0 spiro atoms. The first kappa shape index (κ1) is 18.0. The van der Waals surface area contributed by atoms with E-state index in [9.17, 15) is 19.5 Å². The number of nitrogens with one attached hydrogen (secondary N) is 2. The maximum absolute atomic E-state index is 12.5. The summed E-state index contributed by atoms with van der Waals surface area (Å²) in [5.41, 5.74) is 1.17. The first-order valence-corrected chi connectivity index (χ1v) is 8.45. The molecule has 1 aromatic rings. The normalized spacial score (nSPS) is 20.2. The molecule has 24 heavy (non-hydrogen) atoms. The van der Waals surface area contributed by atoms with Crippen LogP contribution in [-0.4, -0.2) is 22.9 Å². The van der Waals surface area contributed by atoms with E-state index in [0.29, 0.717) is 30.6 Å². The Hall–Kier alpha value is -2.37. The highest BCUT2D eigenvalue weighted by Gasteiger charge is 2.35. The molecule has 0 aromatic heterocycles. The topological polar surface area (TPSA) is 95.5 Å². The van der Waals surface area contributed by atoms with Crippen LogP contribution in [0.5, 0.6) is 0 Å². The summed E-state index contributed by atoms with van der Waals surface area (Å²) in [4.78, 5) is 35.4. The second-order valence-corrected chi connectivity index (χ2v) is 6.20. The number of carboxylic acid groups (broad SMARTS) is 1. The number of anilines is 2. The Bertz CT molecular complexity index is 615. The van der Waals surface area contributed by atoms with Crippen molar-refractivity contribution >= 4 is 29.2 Å². The van der Waals surface area contributed by atoms with Crippen molar-refractivity contribution < 1.29 is 19.5 Å². The van der Waals surface area contributed by atoms with Crippen LogP contribution in [-0.2, 0) is 14.4 Å². The highest BCUT2D eigenvalue weighted by Crippen LogP contribution is 2.31. The molecule has 1 aliphatic rings. The predicted molar refractivity (Wildman–Crippen MR) is 91.7 cm³/mol. The molecule has 0 saturated heterocycles. The number of rotatable bonds is 6. The van der Waals surface area contributed by atoms with Crippen LogP contribution in [0.3, 0.4) is 0 Å². The van der Waals surface area contributed by atoms with Gasteiger partial charge in [0, 0.05) is 17.8 Å². The van der Waals surface area contributed by atoms with Crippen molar-refractivity contribution in [2.75, 3.05) is 10.6 Å². The zero-order chi connectivity index (χ0) is 17.5. The fourth-order valence-electron chi connectivity index (χ4n) is 3.10. The van der Waals surface area contributed by atoms with Crippen molar-refractivity contribution in [2.45, 2.75) is 45.4 Å². The molecular weight excluding hydrogens is 308 g/mol. The Morgan fingerprint density at radius 1 is 1.08 bits per heavy atom. The third-order valence-electron chi connectivity index (χ3n) is 4.31. The lowest BCUT2D eigenvalue weighted by molar-refractivity contribution is -0.147. The third-order valence-corrected chi connectivity index (χ3v) is 4.31. The number of aliphatic carboxylic acids is 1. The molecule has 6 heteroatoms. The van der Waals surface area contributed by atoms with Gasteiger partial charge in [-0.15, -0.1) is 0 Å². The molecule has 0 bridgehead atoms. The highest BCUT2D eigenvalue weighted by molar-refractivity contribution is 5.96. The second kappa shape index (κ2) is 8.47. The summed E-state index contributed by atoms with van der Waals surface area (Å²) in [5.74, 6) is -2.37. The van der Waals surface area contributed by atoms with Gasteiger partial charge in [0.1, 0.15) is 0 Å². The smallest absolute Gasteiger partial charge is 0.307 e. The Morgan fingerprint density at radius 2 is 1.71 bits per heavy atom. The van der Waals surface area contributed by atoms with Gasteiger partial charge in [-0.05, 0) is 37.5 Å². The summed E-state index contributed by atoms with van der Waals surface area (Å²) in [5, 5.41) is 14.9. The largest absolute Gasteiger partial charge is 0.481 e. The molecule has 0 aliphatic heterocycles. The van der Waals surface area contributed by atoms with E-state index in [2.05, 4.69) is 10.6 Å². The van der Waals surface area contributed by atoms with Crippen molar-refractivity contribution in [3.8, 4) is 0 Å². The number of carbonyl (C=O) groups is 3. The van der Waals surface area contributed by atoms with E-state index in [1.165, 1.54) is 0 Å². The summed E-state index contributed by atoms with van der Waals surface area (Å²) in [6, 6.07) is 6.91. The Kier molecular flexibility index (Phi) is 6.35. The number of amides is 2. The van der Waals surface area contributed by atoms with Gasteiger partial charge in [0.15, 0.2) is 0 Å². The van der Waals surface area contributed by atoms with Crippen molar-refractivity contribution in [1.29, 1.82) is 0 Å². The number of carbonyl (C=O) groups excluding carboxylic acids is 2. The molecule has 0 heterocycles. The molecule has 1 fully saturated rings. The Labute approximate surface area is 141 Å². The van der Waals surface area contributed by atoms with E-state index < -0.39 is 17.8 Å². The molecule has 2 rings (SSSR count). The predicted octanol–water partition coefficient (Wildman–Crippen LogP) is 3.25. The van der Waals surface area contributed by atoms with Crippen molar-refractivity contribution in [2.24, 2.45) is 11.8 Å². The second-order valence-electron chi connectivity index (χ2n) is 6.20. The molecule has 1 saturated carbocycles. The minimum Gasteiger partial charge on any atom is -0.481 e. The molecule has 2 atom stereocenters. The summed E-state index contributed by atoms with van der Waals surface area (Å²) >= 11 is 0. The van der Waals surface area contributed by atoms with E-state index in [0.717, 1.165) is 19.3 Å². The molecule has 6 nitrogen and oxygen atoms in total. The van der Waals surface area contributed by atoms with Crippen molar-refractivity contribution in [1.82, 2.24) is 0 Å². The number of benzene rings is 1. The summed E-state index contributed by atoms with van der Waals surface area (Å²) in [6.07, 6.45) is 4.06. The van der Waals surface area contributed by atoms with Crippen LogP contribution >= 0.6 is 0 Å². The lowest BCUT2D eigenvalue weighted by Crippen LogP contribution is -2.36. The van der Waals surface area contributed by atoms with Crippen molar-refractivity contribution in [3.63, 3.8) is 0 Å². The van der Waals surface area contributed by atoms with E-state index >= 15 is 0 Å². The Balaban J connectivity index is 2.03. The van der Waals surface area contributed by atoms with Gasteiger partial charge < -0.3 is 15.7 Å². The minimum atomic E-state index is -0.907. The van der Waals surface area contributed by atoms with E-state index in [1.54, 1.807) is 24.3 Å². The average molecular weight is 332 g/mol. The molecular formula is C18H24N2O4. The average Bonchev–Trinajstić information content (AvgIpc) is 2.55. The fourth-order valence-corrected chi connectivity index (χ4v) is 3.10. The van der Waals surface area contributed by atoms with Gasteiger partial charge in [0.05, 0.1) is 11.8 Å². The van der Waals surface area contributed by atoms with E-state index in [-0.39, 0.29) is 11.8 Å². The number of carboxylic acids is 1. The molecule has 2 amide bonds. The van der Waals surface area contributed by atoms with Crippen molar-refractivity contribution in [3.05, 3.63) is 24.3 Å². The van der Waals surface area contributed by atoms with Gasteiger partial charge in [-0.3, -0.25) is 14.4 Å². The first-order chi connectivity index (χ1) is 11.5. The monoisotopic (exact) mass is 332 g/mol. The SMILES string of the molecule is CCCC(=O)Nc1cccc(NC(=O)[C@H]2CCCC[C@@H]2C(=O)O)c1.